The first kappa shape index (κ1) is 9.21. The molecule has 0 amide bonds. The first-order chi connectivity index (χ1) is 6.81. The molecule has 3 heteroatoms. The number of carbonyl (C=O) groups excluding carboxylic acids is 1. The van der Waals surface area contributed by atoms with Gasteiger partial charge in [-0.15, -0.1) is 0 Å². The van der Waals surface area contributed by atoms with Crippen molar-refractivity contribution >= 4 is 29.2 Å². The third-order valence-electron chi connectivity index (χ3n) is 2.11. The Bertz CT molecular complexity index is 481. The lowest BCUT2D eigenvalue weighted by atomic mass is 10.1. The Labute approximate surface area is 87.4 Å². The molecule has 0 N–H and O–H groups in total. The summed E-state index contributed by atoms with van der Waals surface area (Å²) in [4.78, 5) is 15.4. The first-order valence-electron chi connectivity index (χ1n) is 4.29. The van der Waals surface area contributed by atoms with E-state index in [9.17, 15) is 4.79 Å². The molecule has 0 saturated heterocycles. The van der Waals surface area contributed by atoms with Crippen molar-refractivity contribution in [3.8, 4) is 0 Å². The highest BCUT2D eigenvalue weighted by Gasteiger charge is 2.03. The fourth-order valence-corrected chi connectivity index (χ4v) is 1.53. The summed E-state index contributed by atoms with van der Waals surface area (Å²) in [5.74, 6) is 0.295. The van der Waals surface area contributed by atoms with Gasteiger partial charge in [0.1, 0.15) is 0 Å². The molecule has 0 atom stereocenters. The molecule has 70 valence electrons. The van der Waals surface area contributed by atoms with Gasteiger partial charge in [-0.25, -0.2) is 0 Å². The second-order valence-corrected chi connectivity index (χ2v) is 3.34. The molecular weight excluding hydrogens is 194 g/mol. The highest BCUT2D eigenvalue weighted by molar-refractivity contribution is 7.81. The smallest absolute Gasteiger partial charge is 0.172 e. The van der Waals surface area contributed by atoms with Crippen LogP contribution in [0.3, 0.4) is 0 Å². The average Bonchev–Trinajstić information content (AvgIpc) is 2.27. The van der Waals surface area contributed by atoms with Crippen molar-refractivity contribution in [1.82, 2.24) is 4.98 Å². The van der Waals surface area contributed by atoms with Crippen LogP contribution in [-0.4, -0.2) is 16.5 Å². The lowest BCUT2D eigenvalue weighted by Gasteiger charge is -2.00. The Kier molecular flexibility index (Phi) is 2.50. The lowest BCUT2D eigenvalue weighted by Crippen LogP contribution is -1.99. The Balaban J connectivity index is 2.56. The minimum Gasteiger partial charge on any atom is -0.293 e. The summed E-state index contributed by atoms with van der Waals surface area (Å²) < 4.78 is 0. The number of benzene rings is 1. The first-order valence-corrected chi connectivity index (χ1v) is 4.92. The zero-order chi connectivity index (χ0) is 9.97. The van der Waals surface area contributed by atoms with Gasteiger partial charge in [0.25, 0.3) is 0 Å². The number of rotatable bonds is 2. The van der Waals surface area contributed by atoms with E-state index < -0.39 is 0 Å². The zero-order valence-electron chi connectivity index (χ0n) is 7.47. The van der Waals surface area contributed by atoms with Crippen LogP contribution in [0.5, 0.6) is 0 Å². The van der Waals surface area contributed by atoms with Crippen molar-refractivity contribution in [2.24, 2.45) is 0 Å². The van der Waals surface area contributed by atoms with Crippen LogP contribution >= 0.6 is 12.6 Å². The van der Waals surface area contributed by atoms with Crippen molar-refractivity contribution in [3.63, 3.8) is 0 Å². The van der Waals surface area contributed by atoms with Gasteiger partial charge < -0.3 is 0 Å². The number of pyridine rings is 1. The van der Waals surface area contributed by atoms with E-state index in [1.54, 1.807) is 12.4 Å². The number of Topliss-reactive ketones (excluding diaryl/α,β-unsaturated/α-hetero) is 1. The maximum Gasteiger partial charge on any atom is 0.172 e. The van der Waals surface area contributed by atoms with E-state index >= 15 is 0 Å². The Hall–Kier alpha value is -1.35. The number of carbonyl (C=O) groups is 1. The summed E-state index contributed by atoms with van der Waals surface area (Å²) in [6, 6.07) is 7.47. The number of hydrogen-bond acceptors (Lipinski definition) is 3. The fourth-order valence-electron chi connectivity index (χ4n) is 1.35. The van der Waals surface area contributed by atoms with Crippen molar-refractivity contribution in [2.45, 2.75) is 0 Å². The summed E-state index contributed by atoms with van der Waals surface area (Å²) in [7, 11) is 0. The molecule has 0 radical (unpaired) electrons. The molecule has 0 fully saturated rings. The largest absolute Gasteiger partial charge is 0.293 e. The van der Waals surface area contributed by atoms with E-state index in [1.165, 1.54) is 0 Å². The maximum atomic E-state index is 11.4. The SMILES string of the molecule is O=C(CS)c1ccc2cnccc2c1. The van der Waals surface area contributed by atoms with Crippen LogP contribution in [0.4, 0.5) is 0 Å². The maximum absolute atomic E-state index is 11.4. The van der Waals surface area contributed by atoms with Crippen LogP contribution in [-0.2, 0) is 0 Å². The molecule has 0 saturated carbocycles. The quantitative estimate of drug-likeness (QED) is 0.599. The van der Waals surface area contributed by atoms with Crippen LogP contribution in [0.1, 0.15) is 10.4 Å². The number of aromatic nitrogens is 1. The topological polar surface area (TPSA) is 30.0 Å². The second-order valence-electron chi connectivity index (χ2n) is 3.02. The average molecular weight is 203 g/mol. The van der Waals surface area contributed by atoms with Gasteiger partial charge in [0.2, 0.25) is 0 Å². The molecule has 2 nitrogen and oxygen atoms in total. The number of hydrogen-bond donors (Lipinski definition) is 1. The monoisotopic (exact) mass is 203 g/mol. The highest BCUT2D eigenvalue weighted by atomic mass is 32.1. The standard InChI is InChI=1S/C11H9NOS/c13-11(7-14)9-1-2-10-6-12-4-3-8(10)5-9/h1-6,14H,7H2. The minimum atomic E-state index is 0.0482. The summed E-state index contributed by atoms with van der Waals surface area (Å²) in [5.41, 5.74) is 0.707. The number of thiol groups is 1. The van der Waals surface area contributed by atoms with Crippen molar-refractivity contribution in [1.29, 1.82) is 0 Å². The van der Waals surface area contributed by atoms with Crippen LogP contribution in [0.2, 0.25) is 0 Å². The summed E-state index contributed by atoms with van der Waals surface area (Å²) in [5, 5.41) is 2.08. The van der Waals surface area contributed by atoms with Crippen LogP contribution in [0.15, 0.2) is 36.7 Å². The molecule has 1 heterocycles. The minimum absolute atomic E-state index is 0.0482. The molecule has 0 spiro atoms. The van der Waals surface area contributed by atoms with Crippen molar-refractivity contribution in [2.75, 3.05) is 5.75 Å². The van der Waals surface area contributed by atoms with Gasteiger partial charge in [0, 0.05) is 23.3 Å². The molecule has 2 rings (SSSR count). The summed E-state index contributed by atoms with van der Waals surface area (Å²) >= 11 is 3.96. The molecule has 14 heavy (non-hydrogen) atoms. The van der Waals surface area contributed by atoms with Gasteiger partial charge >= 0.3 is 0 Å². The predicted octanol–water partition coefficient (Wildman–Crippen LogP) is 2.35. The Morgan fingerprint density at radius 1 is 1.29 bits per heavy atom. The van der Waals surface area contributed by atoms with Crippen LogP contribution in [0.25, 0.3) is 10.8 Å². The molecule has 1 aromatic heterocycles. The zero-order valence-corrected chi connectivity index (χ0v) is 8.37. The molecule has 0 unspecified atom stereocenters. The molecule has 0 aliphatic rings. The Morgan fingerprint density at radius 2 is 2.14 bits per heavy atom. The van der Waals surface area contributed by atoms with Gasteiger partial charge in [-0.3, -0.25) is 9.78 Å². The van der Waals surface area contributed by atoms with Crippen molar-refractivity contribution < 1.29 is 4.79 Å². The second kappa shape index (κ2) is 3.80. The molecule has 0 aliphatic heterocycles. The van der Waals surface area contributed by atoms with E-state index in [0.717, 1.165) is 10.8 Å². The molecule has 1 aromatic carbocycles. The van der Waals surface area contributed by atoms with E-state index in [1.807, 2.05) is 24.3 Å². The third kappa shape index (κ3) is 1.63. The fraction of sp³-hybridized carbons (Fsp3) is 0.0909. The van der Waals surface area contributed by atoms with Gasteiger partial charge in [0.15, 0.2) is 5.78 Å². The van der Waals surface area contributed by atoms with Gasteiger partial charge in [0.05, 0.1) is 5.75 Å². The molecule has 0 aliphatic carbocycles. The predicted molar refractivity (Wildman–Crippen MR) is 59.9 cm³/mol. The molecular formula is C11H9NOS. The molecule has 2 aromatic rings. The lowest BCUT2D eigenvalue weighted by molar-refractivity contribution is 0.102. The van der Waals surface area contributed by atoms with E-state index in [2.05, 4.69) is 17.6 Å². The molecule has 0 bridgehead atoms. The summed E-state index contributed by atoms with van der Waals surface area (Å²) in [6.07, 6.45) is 3.50. The summed E-state index contributed by atoms with van der Waals surface area (Å²) in [6.45, 7) is 0. The van der Waals surface area contributed by atoms with E-state index in [-0.39, 0.29) is 11.5 Å². The van der Waals surface area contributed by atoms with Gasteiger partial charge in [-0.2, -0.15) is 12.6 Å². The third-order valence-corrected chi connectivity index (χ3v) is 2.39. The van der Waals surface area contributed by atoms with Crippen LogP contribution < -0.4 is 0 Å². The van der Waals surface area contributed by atoms with Crippen molar-refractivity contribution in [3.05, 3.63) is 42.2 Å². The number of nitrogens with zero attached hydrogens (tertiary/aromatic N) is 1. The van der Waals surface area contributed by atoms with E-state index in [0.29, 0.717) is 5.56 Å². The number of fused-ring (bicyclic) bond motifs is 1. The number of ketones is 1. The van der Waals surface area contributed by atoms with Gasteiger partial charge in [-0.1, -0.05) is 12.1 Å². The highest BCUT2D eigenvalue weighted by Crippen LogP contribution is 2.14. The normalized spacial score (nSPS) is 10.4. The van der Waals surface area contributed by atoms with E-state index in [4.69, 9.17) is 0 Å². The van der Waals surface area contributed by atoms with Crippen LogP contribution in [0, 0.1) is 0 Å². The Morgan fingerprint density at radius 3 is 2.93 bits per heavy atom. The van der Waals surface area contributed by atoms with Gasteiger partial charge in [-0.05, 0) is 17.5 Å².